The maximum absolute atomic E-state index is 12.6. The van der Waals surface area contributed by atoms with Gasteiger partial charge in [0, 0.05) is 0 Å². The minimum atomic E-state index is -0.921. The van der Waals surface area contributed by atoms with Crippen LogP contribution in [0.3, 0.4) is 0 Å². The normalized spacial score (nSPS) is 14.6. The molecule has 0 bridgehead atoms. The van der Waals surface area contributed by atoms with E-state index in [0.717, 1.165) is 0 Å². The van der Waals surface area contributed by atoms with Crippen molar-refractivity contribution >= 4 is 21.9 Å². The van der Waals surface area contributed by atoms with Crippen molar-refractivity contribution in [3.05, 3.63) is 35.6 Å². The molecule has 0 saturated carbocycles. The number of carbonyl (C=O) groups is 1. The number of rotatable bonds is 2. The van der Waals surface area contributed by atoms with Gasteiger partial charge < -0.3 is 4.74 Å². The zero-order valence-corrected chi connectivity index (χ0v) is 9.47. The fourth-order valence-corrected chi connectivity index (χ4v) is 1.50. The van der Waals surface area contributed by atoms with E-state index in [4.69, 9.17) is 0 Å². The summed E-state index contributed by atoms with van der Waals surface area (Å²) in [5.74, 6) is -0.744. The van der Waals surface area contributed by atoms with Gasteiger partial charge in [-0.1, -0.05) is 28.1 Å². The number of methoxy groups -OCH3 is 1. The van der Waals surface area contributed by atoms with Crippen LogP contribution in [0.4, 0.5) is 4.39 Å². The molecule has 4 heteroatoms. The van der Waals surface area contributed by atoms with Gasteiger partial charge in [-0.25, -0.2) is 4.39 Å². The average molecular weight is 261 g/mol. The molecule has 2 nitrogen and oxygen atoms in total. The van der Waals surface area contributed by atoms with Crippen molar-refractivity contribution in [3.63, 3.8) is 0 Å². The Morgan fingerprint density at radius 1 is 1.43 bits per heavy atom. The van der Waals surface area contributed by atoms with Crippen molar-refractivity contribution in [2.24, 2.45) is 0 Å². The standard InChI is InChI=1S/C10H10BrFO2/c1-10(11,9(13)14-2)7-3-5-8(12)6-4-7/h3-6H,1-2H3. The molecule has 1 atom stereocenters. The van der Waals surface area contributed by atoms with Crippen LogP contribution in [0.15, 0.2) is 24.3 Å². The lowest BCUT2D eigenvalue weighted by atomic mass is 10.0. The maximum atomic E-state index is 12.6. The predicted octanol–water partition coefficient (Wildman–Crippen LogP) is 2.61. The molecule has 0 aromatic heterocycles. The molecular weight excluding hydrogens is 251 g/mol. The molecule has 0 aliphatic rings. The first-order valence-corrected chi connectivity index (χ1v) is 4.81. The number of benzene rings is 1. The second kappa shape index (κ2) is 4.09. The molecular formula is C10H10BrFO2. The smallest absolute Gasteiger partial charge is 0.326 e. The lowest BCUT2D eigenvalue weighted by Crippen LogP contribution is -2.26. The molecule has 0 N–H and O–H groups in total. The SMILES string of the molecule is COC(=O)C(C)(Br)c1ccc(F)cc1. The predicted molar refractivity (Wildman–Crippen MR) is 54.7 cm³/mol. The van der Waals surface area contributed by atoms with Crippen LogP contribution >= 0.6 is 15.9 Å². The van der Waals surface area contributed by atoms with Crippen molar-refractivity contribution in [1.82, 2.24) is 0 Å². The number of esters is 1. The Hall–Kier alpha value is -0.900. The number of ether oxygens (including phenoxy) is 1. The van der Waals surface area contributed by atoms with Crippen molar-refractivity contribution in [1.29, 1.82) is 0 Å². The number of alkyl halides is 1. The highest BCUT2D eigenvalue weighted by atomic mass is 79.9. The van der Waals surface area contributed by atoms with Gasteiger partial charge in [0.05, 0.1) is 7.11 Å². The highest BCUT2D eigenvalue weighted by molar-refractivity contribution is 9.10. The van der Waals surface area contributed by atoms with Gasteiger partial charge in [0.2, 0.25) is 0 Å². The second-order valence-corrected chi connectivity index (χ2v) is 4.59. The van der Waals surface area contributed by atoms with Crippen LogP contribution in [0.2, 0.25) is 0 Å². The Morgan fingerprint density at radius 3 is 2.36 bits per heavy atom. The van der Waals surface area contributed by atoms with E-state index in [1.807, 2.05) is 0 Å². The van der Waals surface area contributed by atoms with Crippen molar-refractivity contribution in [2.75, 3.05) is 7.11 Å². The molecule has 0 aliphatic carbocycles. The van der Waals surface area contributed by atoms with Gasteiger partial charge in [-0.3, -0.25) is 4.79 Å². The summed E-state index contributed by atoms with van der Waals surface area (Å²) >= 11 is 3.24. The summed E-state index contributed by atoms with van der Waals surface area (Å²) in [4.78, 5) is 11.4. The minimum absolute atomic E-state index is 0.332. The van der Waals surface area contributed by atoms with Gasteiger partial charge in [-0.05, 0) is 24.6 Å². The molecule has 1 rings (SSSR count). The van der Waals surface area contributed by atoms with Crippen LogP contribution in [0.5, 0.6) is 0 Å². The molecule has 0 saturated heterocycles. The van der Waals surface area contributed by atoms with Gasteiger partial charge in [-0.15, -0.1) is 0 Å². The average Bonchev–Trinajstić information content (AvgIpc) is 2.17. The third-order valence-corrected chi connectivity index (χ3v) is 2.74. The highest BCUT2D eigenvalue weighted by Gasteiger charge is 2.33. The second-order valence-electron chi connectivity index (χ2n) is 3.00. The van der Waals surface area contributed by atoms with Crippen molar-refractivity contribution in [3.8, 4) is 0 Å². The van der Waals surface area contributed by atoms with E-state index in [2.05, 4.69) is 20.7 Å². The molecule has 1 aromatic carbocycles. The number of halogens is 2. The zero-order valence-electron chi connectivity index (χ0n) is 7.88. The van der Waals surface area contributed by atoms with Crippen molar-refractivity contribution in [2.45, 2.75) is 11.2 Å². The van der Waals surface area contributed by atoms with Crippen LogP contribution in [0.1, 0.15) is 12.5 Å². The molecule has 0 spiro atoms. The van der Waals surface area contributed by atoms with E-state index in [1.54, 1.807) is 19.1 Å². The first-order valence-electron chi connectivity index (χ1n) is 4.02. The first-order chi connectivity index (χ1) is 6.48. The summed E-state index contributed by atoms with van der Waals surface area (Å²) in [5, 5.41) is 0. The molecule has 76 valence electrons. The highest BCUT2D eigenvalue weighted by Crippen LogP contribution is 2.31. The van der Waals surface area contributed by atoms with Gasteiger partial charge >= 0.3 is 5.97 Å². The molecule has 0 heterocycles. The molecule has 0 aliphatic heterocycles. The van der Waals surface area contributed by atoms with E-state index < -0.39 is 10.3 Å². The van der Waals surface area contributed by atoms with Gasteiger partial charge in [0.1, 0.15) is 10.1 Å². The van der Waals surface area contributed by atoms with E-state index in [-0.39, 0.29) is 5.82 Å². The van der Waals surface area contributed by atoms with Crippen LogP contribution < -0.4 is 0 Å². The largest absolute Gasteiger partial charge is 0.468 e. The van der Waals surface area contributed by atoms with Crippen LogP contribution in [0.25, 0.3) is 0 Å². The Balaban J connectivity index is 3.03. The van der Waals surface area contributed by atoms with Gasteiger partial charge in [0.25, 0.3) is 0 Å². The summed E-state index contributed by atoms with van der Waals surface area (Å²) in [7, 11) is 1.31. The third-order valence-electron chi connectivity index (χ3n) is 1.96. The van der Waals surface area contributed by atoms with Crippen molar-refractivity contribution < 1.29 is 13.9 Å². The molecule has 1 unspecified atom stereocenters. The Morgan fingerprint density at radius 2 is 1.93 bits per heavy atom. The Labute approximate surface area is 90.2 Å². The fourth-order valence-electron chi connectivity index (χ4n) is 1.07. The number of carbonyl (C=O) groups excluding carboxylic acids is 1. The maximum Gasteiger partial charge on any atom is 0.326 e. The van der Waals surface area contributed by atoms with Crippen LogP contribution in [-0.2, 0) is 13.9 Å². The van der Waals surface area contributed by atoms with Gasteiger partial charge in [-0.2, -0.15) is 0 Å². The summed E-state index contributed by atoms with van der Waals surface area (Å²) in [5.41, 5.74) is 0.658. The summed E-state index contributed by atoms with van der Waals surface area (Å²) in [6.45, 7) is 1.66. The summed E-state index contributed by atoms with van der Waals surface area (Å²) in [6, 6.07) is 5.69. The Kier molecular flexibility index (Phi) is 3.26. The third kappa shape index (κ3) is 2.12. The van der Waals surface area contributed by atoms with E-state index in [9.17, 15) is 9.18 Å². The topological polar surface area (TPSA) is 26.3 Å². The monoisotopic (exact) mass is 260 g/mol. The minimum Gasteiger partial charge on any atom is -0.468 e. The lowest BCUT2D eigenvalue weighted by Gasteiger charge is -2.19. The number of hydrogen-bond acceptors (Lipinski definition) is 2. The van der Waals surface area contributed by atoms with E-state index in [0.29, 0.717) is 5.56 Å². The molecule has 1 aromatic rings. The van der Waals surface area contributed by atoms with E-state index in [1.165, 1.54) is 19.2 Å². The zero-order chi connectivity index (χ0) is 10.8. The molecule has 0 fully saturated rings. The molecule has 0 amide bonds. The Bertz CT molecular complexity index is 332. The quantitative estimate of drug-likeness (QED) is 0.604. The summed E-state index contributed by atoms with van der Waals surface area (Å²) in [6.07, 6.45) is 0. The molecule has 14 heavy (non-hydrogen) atoms. The fraction of sp³-hybridized carbons (Fsp3) is 0.300. The molecule has 0 radical (unpaired) electrons. The van der Waals surface area contributed by atoms with Crippen LogP contribution in [0, 0.1) is 5.82 Å². The summed E-state index contributed by atoms with van der Waals surface area (Å²) < 4.78 is 16.3. The van der Waals surface area contributed by atoms with E-state index >= 15 is 0 Å². The first kappa shape index (κ1) is 11.2. The van der Waals surface area contributed by atoms with Crippen LogP contribution in [-0.4, -0.2) is 13.1 Å². The number of hydrogen-bond donors (Lipinski definition) is 0. The van der Waals surface area contributed by atoms with Gasteiger partial charge in [0.15, 0.2) is 0 Å². The lowest BCUT2D eigenvalue weighted by molar-refractivity contribution is -0.143.